The number of hydrogen-bond donors (Lipinski definition) is 1. The maximum Gasteiger partial charge on any atom is 0.243 e. The maximum absolute atomic E-state index is 13.2. The topological polar surface area (TPSA) is 58.6 Å². The Labute approximate surface area is 198 Å². The van der Waals surface area contributed by atoms with E-state index in [2.05, 4.69) is 21.2 Å². The monoisotopic (exact) mass is 506 g/mol. The standard InChI is InChI=1S/C24H31BrN2O3S/c1-5-22(24(29)26-17(2)3)27(14-18-8-12-21(30-4)13-9-18)23(28)16-31-15-19-6-10-20(25)11-7-19/h6-13,17,22H,5,14-16H2,1-4H3,(H,26,29)/t22-/m0/s1. The van der Waals surface area contributed by atoms with E-state index in [1.807, 2.05) is 69.3 Å². The van der Waals surface area contributed by atoms with Crippen molar-refractivity contribution in [2.24, 2.45) is 0 Å². The van der Waals surface area contributed by atoms with Crippen LogP contribution in [0.15, 0.2) is 53.0 Å². The number of ether oxygens (including phenoxy) is 1. The molecule has 0 bridgehead atoms. The molecule has 0 radical (unpaired) electrons. The summed E-state index contributed by atoms with van der Waals surface area (Å²) in [4.78, 5) is 27.7. The number of carbonyl (C=O) groups excluding carboxylic acids is 2. The first kappa shape index (κ1) is 25.3. The molecule has 2 amide bonds. The number of halogens is 1. The summed E-state index contributed by atoms with van der Waals surface area (Å²) in [6.07, 6.45) is 0.553. The van der Waals surface area contributed by atoms with E-state index < -0.39 is 6.04 Å². The van der Waals surface area contributed by atoms with Gasteiger partial charge in [-0.25, -0.2) is 0 Å². The minimum atomic E-state index is -0.509. The normalized spacial score (nSPS) is 11.8. The average molecular weight is 507 g/mol. The van der Waals surface area contributed by atoms with Crippen LogP contribution < -0.4 is 10.1 Å². The van der Waals surface area contributed by atoms with E-state index in [-0.39, 0.29) is 17.9 Å². The van der Waals surface area contributed by atoms with Crippen LogP contribution in [0.3, 0.4) is 0 Å². The summed E-state index contributed by atoms with van der Waals surface area (Å²) >= 11 is 5.00. The molecular weight excluding hydrogens is 476 g/mol. The number of rotatable bonds is 11. The molecule has 0 aromatic heterocycles. The highest BCUT2D eigenvalue weighted by atomic mass is 79.9. The van der Waals surface area contributed by atoms with Gasteiger partial charge in [-0.15, -0.1) is 11.8 Å². The molecule has 0 saturated carbocycles. The summed E-state index contributed by atoms with van der Waals surface area (Å²) in [5, 5.41) is 2.96. The fourth-order valence-electron chi connectivity index (χ4n) is 3.15. The second-order valence-electron chi connectivity index (χ2n) is 7.58. The van der Waals surface area contributed by atoms with Crippen LogP contribution in [0.5, 0.6) is 5.75 Å². The van der Waals surface area contributed by atoms with Crippen molar-refractivity contribution in [3.63, 3.8) is 0 Å². The summed E-state index contributed by atoms with van der Waals surface area (Å²) < 4.78 is 6.26. The lowest BCUT2D eigenvalue weighted by Crippen LogP contribution is -2.50. The molecule has 0 unspecified atom stereocenters. The molecule has 1 N–H and O–H groups in total. The third-order valence-corrected chi connectivity index (χ3v) is 6.25. The van der Waals surface area contributed by atoms with Gasteiger partial charge < -0.3 is 15.0 Å². The van der Waals surface area contributed by atoms with E-state index in [9.17, 15) is 9.59 Å². The number of nitrogens with zero attached hydrogens (tertiary/aromatic N) is 1. The van der Waals surface area contributed by atoms with E-state index in [1.54, 1.807) is 23.8 Å². The quantitative estimate of drug-likeness (QED) is 0.464. The first-order valence-electron chi connectivity index (χ1n) is 10.4. The molecule has 0 saturated heterocycles. The summed E-state index contributed by atoms with van der Waals surface area (Å²) in [5.74, 6) is 1.67. The summed E-state index contributed by atoms with van der Waals surface area (Å²) in [6.45, 7) is 6.17. The van der Waals surface area contributed by atoms with Gasteiger partial charge in [-0.1, -0.05) is 47.1 Å². The highest BCUT2D eigenvalue weighted by Gasteiger charge is 2.28. The molecule has 2 aromatic carbocycles. The molecule has 2 aromatic rings. The molecule has 2 rings (SSSR count). The van der Waals surface area contributed by atoms with Gasteiger partial charge in [-0.3, -0.25) is 9.59 Å². The zero-order valence-electron chi connectivity index (χ0n) is 18.6. The molecule has 0 heterocycles. The zero-order chi connectivity index (χ0) is 22.8. The van der Waals surface area contributed by atoms with Crippen LogP contribution in [0.2, 0.25) is 0 Å². The SMILES string of the molecule is CC[C@@H](C(=O)NC(C)C)N(Cc1ccc(OC)cc1)C(=O)CSCc1ccc(Br)cc1. The highest BCUT2D eigenvalue weighted by Crippen LogP contribution is 2.20. The molecule has 1 atom stereocenters. The number of thioether (sulfide) groups is 1. The van der Waals surface area contributed by atoms with E-state index in [0.29, 0.717) is 18.7 Å². The van der Waals surface area contributed by atoms with Crippen molar-refractivity contribution in [1.29, 1.82) is 0 Å². The van der Waals surface area contributed by atoms with Crippen molar-refractivity contribution in [3.05, 3.63) is 64.1 Å². The molecule has 0 aliphatic heterocycles. The lowest BCUT2D eigenvalue weighted by atomic mass is 10.1. The van der Waals surface area contributed by atoms with Gasteiger partial charge >= 0.3 is 0 Å². The second-order valence-corrected chi connectivity index (χ2v) is 9.48. The first-order valence-corrected chi connectivity index (χ1v) is 12.3. The number of nitrogens with one attached hydrogen (secondary N) is 1. The van der Waals surface area contributed by atoms with Crippen molar-refractivity contribution in [3.8, 4) is 5.75 Å². The average Bonchev–Trinajstić information content (AvgIpc) is 2.74. The Kier molecular flexibility index (Phi) is 10.4. The first-order chi connectivity index (χ1) is 14.8. The minimum Gasteiger partial charge on any atom is -0.497 e. The zero-order valence-corrected chi connectivity index (χ0v) is 21.0. The van der Waals surface area contributed by atoms with Crippen molar-refractivity contribution >= 4 is 39.5 Å². The third-order valence-electron chi connectivity index (χ3n) is 4.74. The Balaban J connectivity index is 2.12. The molecule has 0 aliphatic carbocycles. The summed E-state index contributed by atoms with van der Waals surface area (Å²) in [7, 11) is 1.62. The lowest BCUT2D eigenvalue weighted by Gasteiger charge is -2.31. The van der Waals surface area contributed by atoms with E-state index in [4.69, 9.17) is 4.74 Å². The van der Waals surface area contributed by atoms with Gasteiger partial charge in [0.05, 0.1) is 12.9 Å². The fraction of sp³-hybridized carbons (Fsp3) is 0.417. The summed E-state index contributed by atoms with van der Waals surface area (Å²) in [6, 6.07) is 15.2. The predicted octanol–water partition coefficient (Wildman–Crippen LogP) is 5.02. The van der Waals surface area contributed by atoms with Crippen LogP contribution in [-0.4, -0.2) is 41.7 Å². The number of carbonyl (C=O) groups is 2. The molecule has 5 nitrogen and oxygen atoms in total. The van der Waals surface area contributed by atoms with Crippen LogP contribution in [0.4, 0.5) is 0 Å². The molecule has 0 aliphatic rings. The van der Waals surface area contributed by atoms with Crippen LogP contribution in [0, 0.1) is 0 Å². The van der Waals surface area contributed by atoms with Crippen LogP contribution in [0.25, 0.3) is 0 Å². The van der Waals surface area contributed by atoms with Gasteiger partial charge in [-0.05, 0) is 55.7 Å². The molecular formula is C24H31BrN2O3S. The molecule has 0 spiro atoms. The molecule has 168 valence electrons. The van der Waals surface area contributed by atoms with Crippen molar-refractivity contribution in [2.45, 2.75) is 51.6 Å². The summed E-state index contributed by atoms with van der Waals surface area (Å²) in [5.41, 5.74) is 2.12. The predicted molar refractivity (Wildman–Crippen MR) is 131 cm³/mol. The van der Waals surface area contributed by atoms with Gasteiger partial charge in [0.25, 0.3) is 0 Å². The third kappa shape index (κ3) is 8.22. The maximum atomic E-state index is 13.2. The van der Waals surface area contributed by atoms with Crippen LogP contribution in [0.1, 0.15) is 38.3 Å². The van der Waals surface area contributed by atoms with E-state index in [0.717, 1.165) is 27.1 Å². The van der Waals surface area contributed by atoms with Crippen LogP contribution in [-0.2, 0) is 21.9 Å². The van der Waals surface area contributed by atoms with Crippen molar-refractivity contribution in [1.82, 2.24) is 10.2 Å². The number of methoxy groups -OCH3 is 1. The Bertz CT molecular complexity index is 841. The largest absolute Gasteiger partial charge is 0.497 e. The fourth-order valence-corrected chi connectivity index (χ4v) is 4.28. The van der Waals surface area contributed by atoms with Gasteiger partial charge in [0.1, 0.15) is 11.8 Å². The molecule has 31 heavy (non-hydrogen) atoms. The highest BCUT2D eigenvalue weighted by molar-refractivity contribution is 9.10. The van der Waals surface area contributed by atoms with E-state index in [1.165, 1.54) is 0 Å². The number of benzene rings is 2. The minimum absolute atomic E-state index is 0.0197. The second kappa shape index (κ2) is 12.8. The van der Waals surface area contributed by atoms with Crippen molar-refractivity contribution < 1.29 is 14.3 Å². The Morgan fingerprint density at radius 1 is 1.06 bits per heavy atom. The Morgan fingerprint density at radius 3 is 2.23 bits per heavy atom. The number of hydrogen-bond acceptors (Lipinski definition) is 4. The van der Waals surface area contributed by atoms with Gasteiger partial charge in [0.15, 0.2) is 0 Å². The van der Waals surface area contributed by atoms with Crippen molar-refractivity contribution in [2.75, 3.05) is 12.9 Å². The lowest BCUT2D eigenvalue weighted by molar-refractivity contribution is -0.139. The molecule has 0 fully saturated rings. The molecule has 7 heteroatoms. The Morgan fingerprint density at radius 2 is 1.68 bits per heavy atom. The van der Waals surface area contributed by atoms with Crippen LogP contribution >= 0.6 is 27.7 Å². The van der Waals surface area contributed by atoms with Gasteiger partial charge in [-0.2, -0.15) is 0 Å². The van der Waals surface area contributed by atoms with Gasteiger partial charge in [0, 0.05) is 22.8 Å². The number of amides is 2. The van der Waals surface area contributed by atoms with E-state index >= 15 is 0 Å². The smallest absolute Gasteiger partial charge is 0.243 e. The Hall–Kier alpha value is -1.99. The van der Waals surface area contributed by atoms with Gasteiger partial charge in [0.2, 0.25) is 11.8 Å².